The number of guanidine groups is 1. The fourth-order valence-corrected chi connectivity index (χ4v) is 2.55. The Hall–Kier alpha value is -0.770. The summed E-state index contributed by atoms with van der Waals surface area (Å²) >= 11 is 5.88. The lowest BCUT2D eigenvalue weighted by molar-refractivity contribution is 0.0347. The third-order valence-electron chi connectivity index (χ3n) is 3.78. The molecule has 0 spiro atoms. The standard InChI is InChI=1S/C18H28ClN3O3.HI/c1-13(11-24-17-8-9-23-12-17)22-18(20-3)21-10-14(2)25-16-6-4-15(19)5-7-16;/h4-7,13-14,17H,8-12H2,1-3H3,(H2,20,21,22);1H. The molecule has 0 radical (unpaired) electrons. The van der Waals surface area contributed by atoms with Gasteiger partial charge in [0.1, 0.15) is 11.9 Å². The molecule has 0 amide bonds. The Labute approximate surface area is 178 Å². The molecule has 0 aliphatic carbocycles. The second-order valence-corrected chi connectivity index (χ2v) is 6.64. The van der Waals surface area contributed by atoms with Crippen molar-refractivity contribution in [3.8, 4) is 5.75 Å². The Morgan fingerprint density at radius 2 is 2.08 bits per heavy atom. The third kappa shape index (κ3) is 8.75. The van der Waals surface area contributed by atoms with Gasteiger partial charge in [-0.25, -0.2) is 0 Å². The lowest BCUT2D eigenvalue weighted by Gasteiger charge is -2.21. The molecule has 1 fully saturated rings. The molecule has 1 aromatic rings. The Morgan fingerprint density at radius 1 is 1.35 bits per heavy atom. The van der Waals surface area contributed by atoms with E-state index in [1.807, 2.05) is 31.2 Å². The molecule has 1 aliphatic heterocycles. The van der Waals surface area contributed by atoms with Crippen LogP contribution in [0.5, 0.6) is 5.75 Å². The SMILES string of the molecule is CN=C(NCC(C)Oc1ccc(Cl)cc1)NC(C)COC1CCOC1.I. The predicted molar refractivity (Wildman–Crippen MR) is 116 cm³/mol. The Kier molecular flexibility index (Phi) is 11.3. The number of hydrogen-bond donors (Lipinski definition) is 2. The molecule has 148 valence electrons. The normalized spacial score (nSPS) is 19.4. The van der Waals surface area contributed by atoms with E-state index in [0.29, 0.717) is 24.8 Å². The van der Waals surface area contributed by atoms with Gasteiger partial charge in [0, 0.05) is 24.7 Å². The van der Waals surface area contributed by atoms with Gasteiger partial charge in [-0.15, -0.1) is 24.0 Å². The molecule has 1 heterocycles. The van der Waals surface area contributed by atoms with E-state index in [1.165, 1.54) is 0 Å². The van der Waals surface area contributed by atoms with Crippen LogP contribution in [0.2, 0.25) is 5.02 Å². The van der Waals surface area contributed by atoms with Crippen LogP contribution < -0.4 is 15.4 Å². The molecule has 0 saturated carbocycles. The molecule has 3 atom stereocenters. The minimum absolute atomic E-state index is 0. The summed E-state index contributed by atoms with van der Waals surface area (Å²) in [5.74, 6) is 1.52. The number of hydrogen-bond acceptors (Lipinski definition) is 4. The maximum absolute atomic E-state index is 5.88. The molecular formula is C18H29ClIN3O3. The Morgan fingerprint density at radius 3 is 2.69 bits per heavy atom. The molecule has 1 aliphatic rings. The molecule has 8 heteroatoms. The summed E-state index contributed by atoms with van der Waals surface area (Å²) < 4.78 is 17.0. The Bertz CT molecular complexity index is 539. The zero-order chi connectivity index (χ0) is 18.1. The van der Waals surface area contributed by atoms with E-state index >= 15 is 0 Å². The van der Waals surface area contributed by atoms with Crippen molar-refractivity contribution in [1.29, 1.82) is 0 Å². The second-order valence-electron chi connectivity index (χ2n) is 6.20. The zero-order valence-corrected chi connectivity index (χ0v) is 18.6. The lowest BCUT2D eigenvalue weighted by Crippen LogP contribution is -2.46. The number of nitrogens with zero attached hydrogens (tertiary/aromatic N) is 1. The van der Waals surface area contributed by atoms with E-state index in [2.05, 4.69) is 22.5 Å². The molecule has 2 N–H and O–H groups in total. The Balaban J connectivity index is 0.00000338. The van der Waals surface area contributed by atoms with E-state index in [4.69, 9.17) is 25.8 Å². The van der Waals surface area contributed by atoms with E-state index in [1.54, 1.807) is 7.05 Å². The summed E-state index contributed by atoms with van der Waals surface area (Å²) in [6.07, 6.45) is 1.17. The maximum Gasteiger partial charge on any atom is 0.191 e. The van der Waals surface area contributed by atoms with Gasteiger partial charge in [-0.1, -0.05) is 11.6 Å². The van der Waals surface area contributed by atoms with Gasteiger partial charge in [-0.3, -0.25) is 4.99 Å². The molecule has 6 nitrogen and oxygen atoms in total. The molecular weight excluding hydrogens is 469 g/mol. The first kappa shape index (κ1) is 23.3. The molecule has 3 unspecified atom stereocenters. The van der Waals surface area contributed by atoms with Gasteiger partial charge >= 0.3 is 0 Å². The largest absolute Gasteiger partial charge is 0.489 e. The zero-order valence-electron chi connectivity index (χ0n) is 15.5. The fraction of sp³-hybridized carbons (Fsp3) is 0.611. The van der Waals surface area contributed by atoms with E-state index in [9.17, 15) is 0 Å². The average Bonchev–Trinajstić information content (AvgIpc) is 3.12. The molecule has 1 aromatic carbocycles. The number of ether oxygens (including phenoxy) is 3. The van der Waals surface area contributed by atoms with Crippen molar-refractivity contribution in [2.24, 2.45) is 4.99 Å². The van der Waals surface area contributed by atoms with Crippen molar-refractivity contribution >= 4 is 41.5 Å². The summed E-state index contributed by atoms with van der Waals surface area (Å²) in [6.45, 7) is 6.80. The van der Waals surface area contributed by atoms with E-state index in [0.717, 1.165) is 24.7 Å². The summed E-state index contributed by atoms with van der Waals surface area (Å²) in [5.41, 5.74) is 0. The van der Waals surface area contributed by atoms with Crippen molar-refractivity contribution in [2.45, 2.75) is 38.5 Å². The fourth-order valence-electron chi connectivity index (χ4n) is 2.42. The maximum atomic E-state index is 5.88. The summed E-state index contributed by atoms with van der Waals surface area (Å²) in [6, 6.07) is 7.50. The van der Waals surface area contributed by atoms with Crippen LogP contribution in [-0.4, -0.2) is 57.6 Å². The van der Waals surface area contributed by atoms with Crippen molar-refractivity contribution in [3.05, 3.63) is 29.3 Å². The van der Waals surface area contributed by atoms with Gasteiger partial charge in [0.2, 0.25) is 0 Å². The smallest absolute Gasteiger partial charge is 0.191 e. The first-order valence-corrected chi connectivity index (χ1v) is 9.03. The minimum atomic E-state index is -0.0121. The molecule has 1 saturated heterocycles. The topological polar surface area (TPSA) is 64.1 Å². The number of nitrogens with one attached hydrogen (secondary N) is 2. The number of benzene rings is 1. The van der Waals surface area contributed by atoms with Gasteiger partial charge in [0.15, 0.2) is 5.96 Å². The summed E-state index contributed by atoms with van der Waals surface area (Å²) in [5, 5.41) is 7.28. The van der Waals surface area contributed by atoms with Crippen LogP contribution in [0.1, 0.15) is 20.3 Å². The molecule has 2 rings (SSSR count). The number of rotatable bonds is 8. The highest BCUT2D eigenvalue weighted by molar-refractivity contribution is 14.0. The van der Waals surface area contributed by atoms with E-state index in [-0.39, 0.29) is 42.2 Å². The summed E-state index contributed by atoms with van der Waals surface area (Å²) in [4.78, 5) is 4.24. The van der Waals surface area contributed by atoms with Crippen LogP contribution in [0, 0.1) is 0 Å². The van der Waals surface area contributed by atoms with Gasteiger partial charge in [-0.2, -0.15) is 0 Å². The highest BCUT2D eigenvalue weighted by Crippen LogP contribution is 2.16. The van der Waals surface area contributed by atoms with Crippen molar-refractivity contribution in [1.82, 2.24) is 10.6 Å². The van der Waals surface area contributed by atoms with Crippen LogP contribution in [0.4, 0.5) is 0 Å². The van der Waals surface area contributed by atoms with Gasteiger partial charge in [0.05, 0.1) is 25.9 Å². The first-order valence-electron chi connectivity index (χ1n) is 8.65. The first-order chi connectivity index (χ1) is 12.1. The second kappa shape index (κ2) is 12.6. The highest BCUT2D eigenvalue weighted by Gasteiger charge is 2.17. The molecule has 26 heavy (non-hydrogen) atoms. The third-order valence-corrected chi connectivity index (χ3v) is 4.04. The van der Waals surface area contributed by atoms with Crippen LogP contribution in [0.25, 0.3) is 0 Å². The van der Waals surface area contributed by atoms with Crippen LogP contribution in [-0.2, 0) is 9.47 Å². The molecule has 0 aromatic heterocycles. The van der Waals surface area contributed by atoms with Crippen molar-refractivity contribution in [2.75, 3.05) is 33.4 Å². The average molecular weight is 498 g/mol. The number of aliphatic imine (C=N–C) groups is 1. The van der Waals surface area contributed by atoms with Crippen LogP contribution >= 0.6 is 35.6 Å². The van der Waals surface area contributed by atoms with Gasteiger partial charge < -0.3 is 24.8 Å². The van der Waals surface area contributed by atoms with Crippen LogP contribution in [0.15, 0.2) is 29.3 Å². The summed E-state index contributed by atoms with van der Waals surface area (Å²) in [7, 11) is 1.75. The minimum Gasteiger partial charge on any atom is -0.489 e. The lowest BCUT2D eigenvalue weighted by atomic mass is 10.3. The van der Waals surface area contributed by atoms with Crippen molar-refractivity contribution < 1.29 is 14.2 Å². The monoisotopic (exact) mass is 497 g/mol. The van der Waals surface area contributed by atoms with Gasteiger partial charge in [-0.05, 0) is 44.5 Å². The van der Waals surface area contributed by atoms with E-state index < -0.39 is 0 Å². The van der Waals surface area contributed by atoms with Crippen molar-refractivity contribution in [3.63, 3.8) is 0 Å². The van der Waals surface area contributed by atoms with Crippen LogP contribution in [0.3, 0.4) is 0 Å². The quantitative estimate of drug-likeness (QED) is 0.328. The highest BCUT2D eigenvalue weighted by atomic mass is 127. The molecule has 0 bridgehead atoms. The predicted octanol–water partition coefficient (Wildman–Crippen LogP) is 3.08. The number of halogens is 2. The van der Waals surface area contributed by atoms with Gasteiger partial charge in [0.25, 0.3) is 0 Å².